The summed E-state index contributed by atoms with van der Waals surface area (Å²) in [4.78, 5) is 105. The van der Waals surface area contributed by atoms with E-state index in [4.69, 9.17) is 4.74 Å². The molecule has 78 heavy (non-hydrogen) atoms. The van der Waals surface area contributed by atoms with Crippen molar-refractivity contribution in [3.8, 4) is 5.75 Å². The molecule has 9 rings (SSSR count). The lowest BCUT2D eigenvalue weighted by Gasteiger charge is -2.35. The fourth-order valence-corrected chi connectivity index (χ4v) is 11.9. The molecule has 7 amide bonds. The molecule has 1 saturated carbocycles. The summed E-state index contributed by atoms with van der Waals surface area (Å²) in [5.41, 5.74) is 4.32. The number of ether oxygens (including phenoxy) is 1. The van der Waals surface area contributed by atoms with Crippen LogP contribution in [0.3, 0.4) is 0 Å². The second-order valence-electron chi connectivity index (χ2n) is 21.0. The number of likely N-dealkylation sites (tertiary alicyclic amines) is 1. The van der Waals surface area contributed by atoms with E-state index in [1.165, 1.54) is 10.5 Å². The highest BCUT2D eigenvalue weighted by atomic mass is 79.9. The zero-order valence-electron chi connectivity index (χ0n) is 44.9. The monoisotopic (exact) mass is 1120 g/mol. The second-order valence-corrected chi connectivity index (χ2v) is 22.0. The molecule has 0 radical (unpaired) electrons. The molecule has 2 aliphatic heterocycles. The van der Waals surface area contributed by atoms with E-state index in [-0.39, 0.29) is 66.9 Å². The minimum absolute atomic E-state index is 0.0428. The lowest BCUT2D eigenvalue weighted by atomic mass is 9.83. The van der Waals surface area contributed by atoms with Gasteiger partial charge in [-0.2, -0.15) is 0 Å². The first-order chi connectivity index (χ1) is 37.7. The normalized spacial score (nSPS) is 20.6. The van der Waals surface area contributed by atoms with Crippen molar-refractivity contribution in [3.63, 3.8) is 0 Å². The predicted molar refractivity (Wildman–Crippen MR) is 303 cm³/mol. The molecule has 0 unspecified atom stereocenters. The van der Waals surface area contributed by atoms with Gasteiger partial charge in [0.15, 0.2) is 0 Å². The predicted octanol–water partition coefficient (Wildman–Crippen LogP) is 6.46. The summed E-state index contributed by atoms with van der Waals surface area (Å²) in [5, 5.41) is 20.0. The van der Waals surface area contributed by atoms with Crippen LogP contribution in [0, 0.1) is 5.92 Å². The van der Waals surface area contributed by atoms with Crippen LogP contribution in [0.1, 0.15) is 109 Å². The molecule has 2 heterocycles. The number of hydrogen-bond acceptors (Lipinski definition) is 10. The topological polar surface area (TPSA) is 211 Å². The quantitative estimate of drug-likeness (QED) is 0.0635. The third-order valence-electron chi connectivity index (χ3n) is 16.2. The molecule has 18 heteroatoms. The molecule has 2 aliphatic carbocycles. The summed E-state index contributed by atoms with van der Waals surface area (Å²) in [6.45, 7) is 3.31. The summed E-state index contributed by atoms with van der Waals surface area (Å²) < 4.78 is 6.73. The maximum atomic E-state index is 15.0. The van der Waals surface area contributed by atoms with Crippen molar-refractivity contribution in [1.82, 2.24) is 36.8 Å². The molecule has 17 nitrogen and oxygen atoms in total. The number of carbonyl (C=O) groups is 7. The fraction of sp³-hybridized carbons (Fsp3) is 0.417. The van der Waals surface area contributed by atoms with Gasteiger partial charge in [-0.1, -0.05) is 83.7 Å². The van der Waals surface area contributed by atoms with Crippen molar-refractivity contribution in [2.45, 2.75) is 120 Å². The minimum atomic E-state index is -1.17. The summed E-state index contributed by atoms with van der Waals surface area (Å²) in [6.07, 6.45) is 7.15. The maximum absolute atomic E-state index is 15.0. The average Bonchev–Trinajstić information content (AvgIpc) is 4.01. The summed E-state index contributed by atoms with van der Waals surface area (Å²) in [6, 6.07) is 26.0. The number of nitrogens with zero attached hydrogens (tertiary/aromatic N) is 3. The van der Waals surface area contributed by atoms with Crippen LogP contribution in [0.4, 0.5) is 11.4 Å². The van der Waals surface area contributed by atoms with Crippen molar-refractivity contribution in [2.75, 3.05) is 44.1 Å². The van der Waals surface area contributed by atoms with E-state index in [9.17, 15) is 33.6 Å². The Labute approximate surface area is 464 Å². The van der Waals surface area contributed by atoms with Gasteiger partial charge in [-0.15, -0.1) is 0 Å². The van der Waals surface area contributed by atoms with E-state index in [2.05, 4.69) is 53.9 Å². The Kier molecular flexibility index (Phi) is 17.6. The van der Waals surface area contributed by atoms with Gasteiger partial charge in [0.25, 0.3) is 17.7 Å². The lowest BCUT2D eigenvalue weighted by Crippen LogP contribution is -2.58. The lowest BCUT2D eigenvalue weighted by molar-refractivity contribution is -0.143. The highest BCUT2D eigenvalue weighted by Crippen LogP contribution is 2.39. The molecule has 5 aromatic rings. The van der Waals surface area contributed by atoms with Gasteiger partial charge >= 0.3 is 0 Å². The van der Waals surface area contributed by atoms with Crippen LogP contribution in [0.2, 0.25) is 0 Å². The number of carbonyl (C=O) groups excluding carboxylic acids is 7. The number of rotatable bonds is 16. The van der Waals surface area contributed by atoms with Gasteiger partial charge in [-0.05, 0) is 149 Å². The van der Waals surface area contributed by atoms with Crippen molar-refractivity contribution in [3.05, 3.63) is 135 Å². The summed E-state index contributed by atoms with van der Waals surface area (Å²) >= 11 is 3.57. The molecule has 0 bridgehead atoms. The number of amides is 7. The van der Waals surface area contributed by atoms with Gasteiger partial charge in [-0.25, -0.2) is 0 Å². The first-order valence-corrected chi connectivity index (χ1v) is 28.0. The summed E-state index contributed by atoms with van der Waals surface area (Å²) in [7, 11) is 4.90. The third-order valence-corrected chi connectivity index (χ3v) is 16.7. The van der Waals surface area contributed by atoms with E-state index in [1.54, 1.807) is 93.4 Å². The molecule has 0 spiro atoms. The number of hydrogen-bond donors (Lipinski definition) is 6. The van der Waals surface area contributed by atoms with Crippen LogP contribution < -0.4 is 46.4 Å². The zero-order chi connectivity index (χ0) is 55.2. The molecular formula is C60H70BrN9O8. The van der Waals surface area contributed by atoms with Crippen LogP contribution in [0.5, 0.6) is 5.75 Å². The highest BCUT2D eigenvalue weighted by molar-refractivity contribution is 9.10. The number of methoxy groups -OCH3 is 1. The van der Waals surface area contributed by atoms with E-state index in [0.717, 1.165) is 77.7 Å². The van der Waals surface area contributed by atoms with Crippen molar-refractivity contribution < 1.29 is 38.3 Å². The minimum Gasteiger partial charge on any atom is -0.496 e. The molecule has 6 N–H and O–H groups in total. The van der Waals surface area contributed by atoms with E-state index in [1.807, 2.05) is 48.5 Å². The Bertz CT molecular complexity index is 3080. The molecule has 1 saturated heterocycles. The van der Waals surface area contributed by atoms with Crippen LogP contribution in [-0.2, 0) is 36.9 Å². The average molecular weight is 1130 g/mol. The molecule has 410 valence electrons. The first-order valence-electron chi connectivity index (χ1n) is 27.2. The smallest absolute Gasteiger partial charge is 0.258 e. The molecule has 7 atom stereocenters. The van der Waals surface area contributed by atoms with E-state index >= 15 is 0 Å². The van der Waals surface area contributed by atoms with Crippen LogP contribution in [0.25, 0.3) is 10.8 Å². The Morgan fingerprint density at radius 3 is 2.14 bits per heavy atom. The molecule has 5 aromatic carbocycles. The molecule has 2 fully saturated rings. The van der Waals surface area contributed by atoms with Gasteiger partial charge in [0.2, 0.25) is 23.6 Å². The zero-order valence-corrected chi connectivity index (χ0v) is 46.5. The van der Waals surface area contributed by atoms with E-state index in [0.29, 0.717) is 17.1 Å². The van der Waals surface area contributed by atoms with Gasteiger partial charge in [0.1, 0.15) is 23.9 Å². The Morgan fingerprint density at radius 1 is 0.718 bits per heavy atom. The number of likely N-dealkylation sites (N-methyl/N-ethyl adjacent to an activating group) is 2. The molecular weight excluding hydrogens is 1050 g/mol. The van der Waals surface area contributed by atoms with Gasteiger partial charge < -0.3 is 51.3 Å². The van der Waals surface area contributed by atoms with Crippen molar-refractivity contribution in [1.29, 1.82) is 0 Å². The standard InChI is InChI=1S/C60H70BrN9O8/c1-35(62-3)54(71)66-48-34-70(50-21-12-11-20-49(50)69(59(48)76)33-46-44-28-27-42(61)30-41(44)26-29-52(46)78-5)58(75)40-24-22-39(23-25-40)56(73)64-43-31-51(57(74)65-47-19-13-17-37-14-9-10-18-45(37)47)68(32-43)60(77)53(38-15-7-6-8-16-38)67-55(72)36(2)63-4/h9-12,14,18,20-30,35-36,38,43,47-48,51,53,62-63H,6-8,13,15-17,19,31-34H2,1-5H3,(H,64,73)(H,65,74)(H,66,71)(H,67,72)/t35-,36-,43-,47+,48-,51-,53-/m0/s1. The third kappa shape index (κ3) is 12.0. The van der Waals surface area contributed by atoms with Crippen molar-refractivity contribution in [2.24, 2.45) is 5.92 Å². The Hall–Kier alpha value is -7.15. The number of halogens is 1. The number of anilines is 2. The number of para-hydroxylation sites is 2. The fourth-order valence-electron chi connectivity index (χ4n) is 11.6. The molecule has 4 aliphatic rings. The Balaban J connectivity index is 0.973. The molecule has 0 aromatic heterocycles. The number of fused-ring (bicyclic) bond motifs is 3. The maximum Gasteiger partial charge on any atom is 0.258 e. The van der Waals surface area contributed by atoms with E-state index < -0.39 is 59.9 Å². The summed E-state index contributed by atoms with van der Waals surface area (Å²) in [5.74, 6) is -2.31. The van der Waals surface area contributed by atoms with Crippen LogP contribution in [0.15, 0.2) is 108 Å². The Morgan fingerprint density at radius 2 is 1.41 bits per heavy atom. The van der Waals surface area contributed by atoms with Gasteiger partial charge in [-0.3, -0.25) is 33.6 Å². The van der Waals surface area contributed by atoms with Gasteiger partial charge in [0.05, 0.1) is 49.7 Å². The number of aryl methyl sites for hydroxylation is 1. The van der Waals surface area contributed by atoms with Crippen molar-refractivity contribution >= 4 is 79.4 Å². The van der Waals surface area contributed by atoms with Crippen LogP contribution in [-0.4, -0.2) is 117 Å². The second kappa shape index (κ2) is 24.7. The highest BCUT2D eigenvalue weighted by Gasteiger charge is 2.46. The first kappa shape index (κ1) is 55.6. The van der Waals surface area contributed by atoms with Gasteiger partial charge in [0, 0.05) is 33.7 Å². The largest absolute Gasteiger partial charge is 0.496 e. The number of benzene rings is 5. The SMILES string of the molecule is CN[C@@H](C)C(=O)N[C@H]1CN(C(=O)c2ccc(C(=O)N[C@H]3C[C@@H](C(=O)N[C@@H]4CCCc5ccccc54)N(C(=O)[C@@H](NC(=O)[C@H](C)NC)C4CCCCC4)C3)cc2)c2ccccc2N(Cc2c(OC)ccc3cc(Br)ccc23)C1=O. The van der Waals surface area contributed by atoms with Crippen LogP contribution >= 0.6 is 15.9 Å². The number of nitrogens with one attached hydrogen (secondary N) is 6.